The normalized spacial score (nSPS) is 13.7. The van der Waals surface area contributed by atoms with Gasteiger partial charge < -0.3 is 9.26 Å². The zero-order valence-corrected chi connectivity index (χ0v) is 14.3. The first kappa shape index (κ1) is 18.1. The number of nitrogens with one attached hydrogen (secondary N) is 1. The van der Waals surface area contributed by atoms with E-state index in [4.69, 9.17) is 9.26 Å². The number of ether oxygens (including phenoxy) is 1. The Hall–Kier alpha value is -0.970. The number of esters is 1. The third kappa shape index (κ3) is 7.55. The van der Waals surface area contributed by atoms with Crippen LogP contribution in [-0.4, -0.2) is 36.8 Å². The average molecular weight is 331 g/mol. The number of rotatable bonds is 9. The highest BCUT2D eigenvalue weighted by atomic mass is 32.2. The molecule has 1 N–H and O–H groups in total. The number of thioether (sulfide) groups is 1. The molecule has 21 heavy (non-hydrogen) atoms. The van der Waals surface area contributed by atoms with Gasteiger partial charge in [0.15, 0.2) is 0 Å². The van der Waals surface area contributed by atoms with E-state index in [1.54, 1.807) is 49.9 Å². The van der Waals surface area contributed by atoms with Gasteiger partial charge in [0.05, 0.1) is 12.3 Å². The van der Waals surface area contributed by atoms with E-state index in [-0.39, 0.29) is 12.6 Å². The zero-order valence-electron chi connectivity index (χ0n) is 12.6. The lowest BCUT2D eigenvalue weighted by molar-refractivity contribution is -0.145. The van der Waals surface area contributed by atoms with Crippen LogP contribution in [0.3, 0.4) is 0 Å². The molecule has 118 valence electrons. The van der Waals surface area contributed by atoms with Crippen molar-refractivity contribution in [3.63, 3.8) is 0 Å². The van der Waals surface area contributed by atoms with Crippen LogP contribution in [0, 0.1) is 0 Å². The van der Waals surface area contributed by atoms with Gasteiger partial charge in [0.25, 0.3) is 0 Å². The minimum atomic E-state index is -3.13. The number of carbonyl (C=O) groups is 1. The molecular formula is C14H22NO4PS. The third-order valence-electron chi connectivity index (χ3n) is 2.42. The van der Waals surface area contributed by atoms with Crippen molar-refractivity contribution in [1.82, 2.24) is 5.09 Å². The predicted octanol–water partition coefficient (Wildman–Crippen LogP) is 3.16. The quantitative estimate of drug-likeness (QED) is 0.554. The van der Waals surface area contributed by atoms with Crippen molar-refractivity contribution in [2.75, 3.05) is 24.7 Å². The molecular weight excluding hydrogens is 309 g/mol. The Morgan fingerprint density at radius 2 is 2.00 bits per heavy atom. The number of benzene rings is 1. The van der Waals surface area contributed by atoms with Gasteiger partial charge in [0.2, 0.25) is 0 Å². The Morgan fingerprint density at radius 1 is 1.33 bits per heavy atom. The Balaban J connectivity index is 2.65. The average Bonchev–Trinajstić information content (AvgIpc) is 2.44. The molecule has 0 bridgehead atoms. The fraction of sp³-hybridized carbons (Fsp3) is 0.500. The van der Waals surface area contributed by atoms with Crippen molar-refractivity contribution in [3.05, 3.63) is 30.3 Å². The fourth-order valence-electron chi connectivity index (χ4n) is 1.51. The van der Waals surface area contributed by atoms with Gasteiger partial charge in [-0.3, -0.25) is 9.36 Å². The van der Waals surface area contributed by atoms with E-state index in [0.29, 0.717) is 17.7 Å². The van der Waals surface area contributed by atoms with Crippen LogP contribution in [0.15, 0.2) is 30.3 Å². The SMILES string of the molecule is CSCCP(=O)(NCC(=O)OC(C)C)Oc1ccccc1. The number of hydrogen-bond acceptors (Lipinski definition) is 5. The number of para-hydroxylation sites is 1. The van der Waals surface area contributed by atoms with E-state index in [1.165, 1.54) is 0 Å². The van der Waals surface area contributed by atoms with Crippen molar-refractivity contribution in [1.29, 1.82) is 0 Å². The largest absolute Gasteiger partial charge is 0.462 e. The molecule has 0 aromatic heterocycles. The second kappa shape index (κ2) is 9.13. The smallest absolute Gasteiger partial charge is 0.320 e. The van der Waals surface area contributed by atoms with Crippen molar-refractivity contribution in [3.8, 4) is 5.75 Å². The molecule has 0 heterocycles. The topological polar surface area (TPSA) is 64.6 Å². The Labute approximate surface area is 130 Å². The van der Waals surface area contributed by atoms with E-state index in [0.717, 1.165) is 0 Å². The van der Waals surface area contributed by atoms with Crippen LogP contribution in [-0.2, 0) is 14.1 Å². The van der Waals surface area contributed by atoms with Crippen molar-refractivity contribution < 1.29 is 18.6 Å². The van der Waals surface area contributed by atoms with Crippen LogP contribution in [0.1, 0.15) is 13.8 Å². The molecule has 0 radical (unpaired) electrons. The van der Waals surface area contributed by atoms with Crippen molar-refractivity contribution >= 4 is 25.3 Å². The molecule has 0 aliphatic rings. The summed E-state index contributed by atoms with van der Waals surface area (Å²) in [6, 6.07) is 8.94. The molecule has 5 nitrogen and oxygen atoms in total. The highest BCUT2D eigenvalue weighted by Crippen LogP contribution is 2.43. The van der Waals surface area contributed by atoms with E-state index in [9.17, 15) is 9.36 Å². The van der Waals surface area contributed by atoms with Gasteiger partial charge in [-0.2, -0.15) is 11.8 Å². The minimum Gasteiger partial charge on any atom is -0.462 e. The fourth-order valence-corrected chi connectivity index (χ4v) is 4.35. The first-order valence-electron chi connectivity index (χ1n) is 6.72. The summed E-state index contributed by atoms with van der Waals surface area (Å²) in [5.74, 6) is 0.758. The Morgan fingerprint density at radius 3 is 2.57 bits per heavy atom. The number of hydrogen-bond donors (Lipinski definition) is 1. The summed E-state index contributed by atoms with van der Waals surface area (Å²) in [5.41, 5.74) is 0. The van der Waals surface area contributed by atoms with E-state index >= 15 is 0 Å². The maximum Gasteiger partial charge on any atom is 0.320 e. The molecule has 1 atom stereocenters. The van der Waals surface area contributed by atoms with E-state index in [2.05, 4.69) is 5.09 Å². The molecule has 0 aliphatic heterocycles. The number of carbonyl (C=O) groups excluding carboxylic acids is 1. The molecule has 1 aromatic carbocycles. The Bertz CT molecular complexity index is 481. The van der Waals surface area contributed by atoms with Crippen LogP contribution in [0.5, 0.6) is 5.75 Å². The lowest BCUT2D eigenvalue weighted by atomic mass is 10.3. The lowest BCUT2D eigenvalue weighted by Gasteiger charge is -2.20. The van der Waals surface area contributed by atoms with Crippen molar-refractivity contribution in [2.45, 2.75) is 20.0 Å². The lowest BCUT2D eigenvalue weighted by Crippen LogP contribution is -2.27. The summed E-state index contributed by atoms with van der Waals surface area (Å²) in [4.78, 5) is 11.6. The van der Waals surface area contributed by atoms with Crippen molar-refractivity contribution in [2.24, 2.45) is 0 Å². The maximum atomic E-state index is 12.8. The van der Waals surface area contributed by atoms with Gasteiger partial charge >= 0.3 is 13.5 Å². The Kier molecular flexibility index (Phi) is 7.86. The molecule has 0 fully saturated rings. The molecule has 0 saturated heterocycles. The molecule has 1 rings (SSSR count). The van der Waals surface area contributed by atoms with Crippen LogP contribution in [0.4, 0.5) is 0 Å². The van der Waals surface area contributed by atoms with Gasteiger partial charge in [-0.15, -0.1) is 0 Å². The van der Waals surface area contributed by atoms with Gasteiger partial charge in [0, 0.05) is 5.75 Å². The molecule has 0 amide bonds. The second-order valence-electron chi connectivity index (χ2n) is 4.67. The van der Waals surface area contributed by atoms with Crippen LogP contribution in [0.25, 0.3) is 0 Å². The predicted molar refractivity (Wildman–Crippen MR) is 87.2 cm³/mol. The van der Waals surface area contributed by atoms with E-state index < -0.39 is 13.5 Å². The maximum absolute atomic E-state index is 12.8. The second-order valence-corrected chi connectivity index (χ2v) is 7.95. The summed E-state index contributed by atoms with van der Waals surface area (Å²) in [7, 11) is -3.13. The standard InChI is InChI=1S/C14H22NO4PS/c1-12(2)18-14(16)11-15-20(17,9-10-21-3)19-13-7-5-4-6-8-13/h4-8,12H,9-11H2,1-3H3,(H,15,17). The summed E-state index contributed by atoms with van der Waals surface area (Å²) in [6.45, 7) is 3.41. The zero-order chi connectivity index (χ0) is 15.7. The van der Waals surface area contributed by atoms with Gasteiger partial charge in [-0.1, -0.05) is 18.2 Å². The third-order valence-corrected chi connectivity index (χ3v) is 5.29. The first-order valence-corrected chi connectivity index (χ1v) is 9.93. The minimum absolute atomic E-state index is 0.128. The summed E-state index contributed by atoms with van der Waals surface area (Å²) < 4.78 is 23.4. The summed E-state index contributed by atoms with van der Waals surface area (Å²) >= 11 is 1.58. The van der Waals surface area contributed by atoms with Gasteiger partial charge in [-0.25, -0.2) is 5.09 Å². The molecule has 1 aromatic rings. The van der Waals surface area contributed by atoms with Gasteiger partial charge in [0.1, 0.15) is 12.3 Å². The summed E-state index contributed by atoms with van der Waals surface area (Å²) in [5, 5.41) is 2.73. The molecule has 7 heteroatoms. The highest BCUT2D eigenvalue weighted by Gasteiger charge is 2.25. The highest BCUT2D eigenvalue weighted by molar-refractivity contribution is 7.98. The molecule has 0 saturated carbocycles. The van der Waals surface area contributed by atoms with Crippen LogP contribution >= 0.6 is 19.3 Å². The van der Waals surface area contributed by atoms with Gasteiger partial charge in [-0.05, 0) is 32.2 Å². The van der Waals surface area contributed by atoms with E-state index in [1.807, 2.05) is 12.3 Å². The first-order chi connectivity index (χ1) is 9.95. The molecule has 1 unspecified atom stereocenters. The van der Waals surface area contributed by atoms with Crippen LogP contribution < -0.4 is 9.61 Å². The summed E-state index contributed by atoms with van der Waals surface area (Å²) in [6.07, 6.45) is 2.08. The van der Waals surface area contributed by atoms with Crippen LogP contribution in [0.2, 0.25) is 0 Å². The molecule has 0 spiro atoms. The molecule has 0 aliphatic carbocycles. The monoisotopic (exact) mass is 331 g/mol.